The number of carbonyl (C=O) groups excluding carboxylic acids is 1. The first kappa shape index (κ1) is 19.7. The Morgan fingerprint density at radius 2 is 1.95 bits per heavy atom. The van der Waals surface area contributed by atoms with Crippen molar-refractivity contribution < 1.29 is 17.9 Å². The van der Waals surface area contributed by atoms with E-state index in [9.17, 15) is 13.2 Å². The SMILES string of the molecule is COC(=O)C(C)(CCCSCCS(C)(=O)=O)NC(C)C. The average molecular weight is 325 g/mol. The van der Waals surface area contributed by atoms with Crippen LogP contribution < -0.4 is 5.32 Å². The lowest BCUT2D eigenvalue weighted by Crippen LogP contribution is -2.53. The second kappa shape index (κ2) is 8.89. The van der Waals surface area contributed by atoms with E-state index in [1.807, 2.05) is 20.8 Å². The molecule has 0 radical (unpaired) electrons. The molecule has 0 amide bonds. The van der Waals surface area contributed by atoms with Crippen LogP contribution in [0, 0.1) is 0 Å². The van der Waals surface area contributed by atoms with E-state index in [1.165, 1.54) is 13.4 Å². The van der Waals surface area contributed by atoms with Crippen molar-refractivity contribution in [3.8, 4) is 0 Å². The van der Waals surface area contributed by atoms with Gasteiger partial charge in [-0.15, -0.1) is 0 Å². The minimum atomic E-state index is -2.88. The van der Waals surface area contributed by atoms with Gasteiger partial charge in [-0.2, -0.15) is 11.8 Å². The fraction of sp³-hybridized carbons (Fsp3) is 0.923. The molecule has 5 nitrogen and oxygen atoms in total. The number of thioether (sulfide) groups is 1. The largest absolute Gasteiger partial charge is 0.468 e. The van der Waals surface area contributed by atoms with Crippen molar-refractivity contribution in [1.29, 1.82) is 0 Å². The molecule has 120 valence electrons. The number of ether oxygens (including phenoxy) is 1. The highest BCUT2D eigenvalue weighted by molar-refractivity contribution is 8.00. The summed E-state index contributed by atoms with van der Waals surface area (Å²) in [5.74, 6) is 1.39. The van der Waals surface area contributed by atoms with E-state index < -0.39 is 15.4 Å². The molecule has 0 aliphatic carbocycles. The van der Waals surface area contributed by atoms with Gasteiger partial charge >= 0.3 is 5.97 Å². The second-order valence-corrected chi connectivity index (χ2v) is 8.95. The third kappa shape index (κ3) is 8.81. The highest BCUT2D eigenvalue weighted by Crippen LogP contribution is 2.18. The van der Waals surface area contributed by atoms with Gasteiger partial charge < -0.3 is 4.74 Å². The topological polar surface area (TPSA) is 72.5 Å². The zero-order valence-corrected chi connectivity index (χ0v) is 14.7. The first-order valence-corrected chi connectivity index (χ1v) is 9.94. The van der Waals surface area contributed by atoms with Gasteiger partial charge in [-0.05, 0) is 39.4 Å². The summed E-state index contributed by atoms with van der Waals surface area (Å²) < 4.78 is 26.8. The summed E-state index contributed by atoms with van der Waals surface area (Å²) in [6.45, 7) is 5.82. The third-order valence-corrected chi connectivity index (χ3v) is 5.08. The van der Waals surface area contributed by atoms with Crippen LogP contribution in [-0.4, -0.2) is 56.6 Å². The molecule has 0 aliphatic rings. The lowest BCUT2D eigenvalue weighted by atomic mass is 9.95. The van der Waals surface area contributed by atoms with E-state index in [4.69, 9.17) is 4.74 Å². The molecular formula is C13H27NO4S2. The van der Waals surface area contributed by atoms with Crippen molar-refractivity contribution in [3.63, 3.8) is 0 Å². The number of hydrogen-bond donors (Lipinski definition) is 1. The number of methoxy groups -OCH3 is 1. The van der Waals surface area contributed by atoms with Crippen molar-refractivity contribution in [3.05, 3.63) is 0 Å². The highest BCUT2D eigenvalue weighted by Gasteiger charge is 2.33. The molecule has 0 fully saturated rings. The first-order valence-electron chi connectivity index (χ1n) is 6.72. The van der Waals surface area contributed by atoms with E-state index in [-0.39, 0.29) is 17.8 Å². The third-order valence-electron chi connectivity index (χ3n) is 2.81. The number of hydrogen-bond acceptors (Lipinski definition) is 6. The number of carbonyl (C=O) groups is 1. The van der Waals surface area contributed by atoms with Crippen LogP contribution in [0.1, 0.15) is 33.6 Å². The smallest absolute Gasteiger partial charge is 0.325 e. The van der Waals surface area contributed by atoms with Crippen molar-refractivity contribution in [2.45, 2.75) is 45.2 Å². The summed E-state index contributed by atoms with van der Waals surface area (Å²) in [6, 6.07) is 0.192. The molecule has 0 saturated heterocycles. The van der Waals surface area contributed by atoms with Crippen molar-refractivity contribution in [2.75, 3.05) is 30.6 Å². The Kier molecular flexibility index (Phi) is 8.77. The van der Waals surface area contributed by atoms with Gasteiger partial charge in [0.1, 0.15) is 15.4 Å². The normalized spacial score (nSPS) is 15.1. The molecule has 1 unspecified atom stereocenters. The first-order chi connectivity index (χ1) is 9.10. The average Bonchev–Trinajstić information content (AvgIpc) is 2.30. The maximum absolute atomic E-state index is 11.8. The van der Waals surface area contributed by atoms with Crippen LogP contribution in [0.15, 0.2) is 0 Å². The summed E-state index contributed by atoms with van der Waals surface area (Å²) in [5.41, 5.74) is -0.680. The molecule has 1 N–H and O–H groups in total. The number of sulfone groups is 1. The maximum atomic E-state index is 11.8. The Morgan fingerprint density at radius 1 is 1.35 bits per heavy atom. The van der Waals surface area contributed by atoms with Gasteiger partial charge in [0.2, 0.25) is 0 Å². The van der Waals surface area contributed by atoms with Crippen molar-refractivity contribution in [2.24, 2.45) is 0 Å². The minimum absolute atomic E-state index is 0.192. The quantitative estimate of drug-likeness (QED) is 0.484. The summed E-state index contributed by atoms with van der Waals surface area (Å²) in [6.07, 6.45) is 2.75. The molecule has 0 aromatic carbocycles. The van der Waals surface area contributed by atoms with Crippen LogP contribution in [0.2, 0.25) is 0 Å². The zero-order valence-electron chi connectivity index (χ0n) is 13.1. The van der Waals surface area contributed by atoms with Crippen LogP contribution in [0.4, 0.5) is 0 Å². The Hall–Kier alpha value is -0.270. The van der Waals surface area contributed by atoms with Crippen LogP contribution in [0.5, 0.6) is 0 Å². The molecule has 0 saturated carbocycles. The van der Waals surface area contributed by atoms with E-state index >= 15 is 0 Å². The van der Waals surface area contributed by atoms with Crippen molar-refractivity contribution in [1.82, 2.24) is 5.32 Å². The zero-order chi connectivity index (χ0) is 15.8. The Labute approximate surface area is 127 Å². The Morgan fingerprint density at radius 3 is 2.40 bits per heavy atom. The number of nitrogens with one attached hydrogen (secondary N) is 1. The molecule has 0 heterocycles. The molecule has 0 rings (SSSR count). The molecule has 0 bridgehead atoms. The number of esters is 1. The van der Waals surface area contributed by atoms with Gasteiger partial charge in [0, 0.05) is 18.1 Å². The highest BCUT2D eigenvalue weighted by atomic mass is 32.2. The fourth-order valence-corrected chi connectivity index (χ4v) is 4.17. The molecule has 0 aromatic heterocycles. The lowest BCUT2D eigenvalue weighted by Gasteiger charge is -2.30. The standard InChI is InChI=1S/C13H27NO4S2/c1-11(2)14-13(3,12(15)18-4)7-6-8-19-9-10-20(5,16)17/h11,14H,6-10H2,1-5H3. The summed E-state index contributed by atoms with van der Waals surface area (Å²) in [4.78, 5) is 11.8. The van der Waals surface area contributed by atoms with Gasteiger partial charge in [-0.25, -0.2) is 8.42 Å². The molecule has 0 aromatic rings. The van der Waals surface area contributed by atoms with E-state index in [0.717, 1.165) is 12.2 Å². The van der Waals surface area contributed by atoms with Gasteiger partial charge in [-0.1, -0.05) is 0 Å². The van der Waals surface area contributed by atoms with E-state index in [0.29, 0.717) is 12.2 Å². The number of rotatable bonds is 10. The molecule has 0 spiro atoms. The Balaban J connectivity index is 4.12. The summed E-state index contributed by atoms with van der Waals surface area (Å²) >= 11 is 1.60. The second-order valence-electron chi connectivity index (χ2n) is 5.47. The van der Waals surface area contributed by atoms with Gasteiger partial charge in [-0.3, -0.25) is 10.1 Å². The van der Waals surface area contributed by atoms with Crippen LogP contribution in [0.25, 0.3) is 0 Å². The Bertz CT molecular complexity index is 395. The summed E-state index contributed by atoms with van der Waals surface area (Å²) in [7, 11) is -1.49. The molecule has 1 atom stereocenters. The monoisotopic (exact) mass is 325 g/mol. The molecule has 7 heteroatoms. The minimum Gasteiger partial charge on any atom is -0.468 e. The van der Waals surface area contributed by atoms with Crippen LogP contribution in [0.3, 0.4) is 0 Å². The molecule has 20 heavy (non-hydrogen) atoms. The predicted octanol–water partition coefficient (Wildman–Crippen LogP) is 1.47. The van der Waals surface area contributed by atoms with E-state index in [2.05, 4.69) is 5.32 Å². The predicted molar refractivity (Wildman–Crippen MR) is 85.0 cm³/mol. The van der Waals surface area contributed by atoms with Gasteiger partial charge in [0.15, 0.2) is 0 Å². The maximum Gasteiger partial charge on any atom is 0.325 e. The van der Waals surface area contributed by atoms with Gasteiger partial charge in [0.05, 0.1) is 12.9 Å². The van der Waals surface area contributed by atoms with Crippen molar-refractivity contribution >= 4 is 27.6 Å². The fourth-order valence-electron chi connectivity index (χ4n) is 1.94. The van der Waals surface area contributed by atoms with E-state index in [1.54, 1.807) is 11.8 Å². The van der Waals surface area contributed by atoms with Gasteiger partial charge in [0.25, 0.3) is 0 Å². The molecule has 0 aliphatic heterocycles. The molecular weight excluding hydrogens is 298 g/mol. The lowest BCUT2D eigenvalue weighted by molar-refractivity contribution is -0.148. The van der Waals surface area contributed by atoms with Crippen LogP contribution in [-0.2, 0) is 19.4 Å². The summed E-state index contributed by atoms with van der Waals surface area (Å²) in [5, 5.41) is 3.24. The van der Waals surface area contributed by atoms with Crippen LogP contribution >= 0.6 is 11.8 Å².